The molecular weight excluding hydrogens is 187 g/mol. The third-order valence-corrected chi connectivity index (χ3v) is 4.19. The Morgan fingerprint density at radius 2 is 1.78 bits per heavy atom. The molecule has 0 N–H and O–H groups in total. The maximum atomic E-state index is 2.21. The third kappa shape index (κ3) is 2.30. The molecule has 9 heavy (non-hydrogen) atoms. The second-order valence-electron chi connectivity index (χ2n) is 1.96. The topological polar surface area (TPSA) is 0 Å². The molecule has 0 amide bonds. The molecule has 1 rings (SSSR count). The van der Waals surface area contributed by atoms with E-state index in [1.807, 2.05) is 0 Å². The van der Waals surface area contributed by atoms with Crippen LogP contribution in [-0.4, -0.2) is 31.4 Å². The van der Waals surface area contributed by atoms with Gasteiger partial charge in [0.15, 0.2) is 0 Å². The summed E-state index contributed by atoms with van der Waals surface area (Å²) in [5, 5.41) is 0. The maximum absolute atomic E-state index is 2.21. The standard InChI is InChI=1S/C7H8Se.Mg/c1-6-2-4-7(8)5-3-6;/h2-5,8H,1H3;/q;+2/p-1. The minimum absolute atomic E-state index is 0.688. The molecule has 0 saturated heterocycles. The summed E-state index contributed by atoms with van der Waals surface area (Å²) in [6.07, 6.45) is 0. The van der Waals surface area contributed by atoms with E-state index in [0.29, 0.717) is 11.9 Å². The van der Waals surface area contributed by atoms with Crippen molar-refractivity contribution >= 4 is 35.9 Å². The van der Waals surface area contributed by atoms with Crippen LogP contribution in [0.2, 0.25) is 0 Å². The third-order valence-electron chi connectivity index (χ3n) is 1.19. The van der Waals surface area contributed by atoms with Crippen molar-refractivity contribution in [2.45, 2.75) is 6.92 Å². The van der Waals surface area contributed by atoms with Gasteiger partial charge in [0.1, 0.15) is 0 Å². The van der Waals surface area contributed by atoms with Gasteiger partial charge in [0, 0.05) is 0 Å². The van der Waals surface area contributed by atoms with E-state index in [9.17, 15) is 0 Å². The van der Waals surface area contributed by atoms with Gasteiger partial charge in [-0.15, -0.1) is 0 Å². The molecule has 0 bridgehead atoms. The van der Waals surface area contributed by atoms with Gasteiger partial charge in [0.05, 0.1) is 0 Å². The molecule has 0 unspecified atom stereocenters. The summed E-state index contributed by atoms with van der Waals surface area (Å²) in [6, 6.07) is 8.76. The van der Waals surface area contributed by atoms with Gasteiger partial charge in [0.25, 0.3) is 0 Å². The van der Waals surface area contributed by atoms with Crippen LogP contribution in [-0.2, 0) is 0 Å². The Morgan fingerprint density at radius 1 is 1.22 bits per heavy atom. The summed E-state index contributed by atoms with van der Waals surface area (Å²) < 4.78 is 1.49. The van der Waals surface area contributed by atoms with Crippen LogP contribution in [0.3, 0.4) is 0 Å². The van der Waals surface area contributed by atoms with E-state index in [2.05, 4.69) is 50.7 Å². The van der Waals surface area contributed by atoms with Crippen molar-refractivity contribution in [3.63, 3.8) is 0 Å². The Bertz CT molecular complexity index is 181. The zero-order valence-electron chi connectivity index (χ0n) is 5.42. The van der Waals surface area contributed by atoms with Crippen LogP contribution in [0.4, 0.5) is 0 Å². The molecular formula is C7H7MgSe+. The fourth-order valence-electron chi connectivity index (χ4n) is 0.634. The minimum atomic E-state index is 0.688. The molecule has 0 fully saturated rings. The van der Waals surface area contributed by atoms with Gasteiger partial charge in [-0.2, -0.15) is 0 Å². The van der Waals surface area contributed by atoms with Gasteiger partial charge in [0.2, 0.25) is 0 Å². The summed E-state index contributed by atoms with van der Waals surface area (Å²) >= 11 is 2.74. The number of benzene rings is 1. The Kier molecular flexibility index (Phi) is 3.06. The van der Waals surface area contributed by atoms with Gasteiger partial charge in [-0.3, -0.25) is 0 Å². The summed E-state index contributed by atoms with van der Waals surface area (Å²) in [6.45, 7) is 2.12. The fraction of sp³-hybridized carbons (Fsp3) is 0.143. The molecule has 2 heteroatoms. The summed E-state index contributed by atoms with van der Waals surface area (Å²) in [4.78, 5) is 0. The van der Waals surface area contributed by atoms with E-state index < -0.39 is 0 Å². The summed E-state index contributed by atoms with van der Waals surface area (Å²) in [7, 11) is 0. The van der Waals surface area contributed by atoms with Crippen LogP contribution in [0.25, 0.3) is 0 Å². The van der Waals surface area contributed by atoms with Crippen molar-refractivity contribution < 1.29 is 0 Å². The van der Waals surface area contributed by atoms with E-state index in [-0.39, 0.29) is 0 Å². The Balaban J connectivity index is 2.88. The first-order chi connectivity index (χ1) is 4.33. The predicted octanol–water partition coefficient (Wildman–Crippen LogP) is 0.408. The number of hydrogen-bond donors (Lipinski definition) is 0. The Labute approximate surface area is 72.4 Å². The molecule has 0 aliphatic rings. The SMILES string of the molecule is Cc1ccc([Se][Mg+])cc1. The molecule has 42 valence electrons. The second-order valence-corrected chi connectivity index (χ2v) is 5.05. The van der Waals surface area contributed by atoms with E-state index in [1.54, 1.807) is 0 Å². The van der Waals surface area contributed by atoms with Crippen LogP contribution >= 0.6 is 0 Å². The van der Waals surface area contributed by atoms with Gasteiger partial charge in [-0.05, 0) is 0 Å². The molecule has 0 atom stereocenters. The molecule has 0 radical (unpaired) electrons. The van der Waals surface area contributed by atoms with E-state index in [1.165, 1.54) is 10.0 Å². The van der Waals surface area contributed by atoms with Crippen molar-refractivity contribution in [2.24, 2.45) is 0 Å². The first-order valence-corrected chi connectivity index (χ1v) is 7.88. The van der Waals surface area contributed by atoms with Crippen molar-refractivity contribution in [3.05, 3.63) is 29.8 Å². The quantitative estimate of drug-likeness (QED) is 0.568. The molecule has 0 spiro atoms. The number of aryl methyl sites for hydroxylation is 1. The number of hydrogen-bond acceptors (Lipinski definition) is 0. The average Bonchev–Trinajstić information content (AvgIpc) is 1.90. The predicted molar refractivity (Wildman–Crippen MR) is 42.3 cm³/mol. The van der Waals surface area contributed by atoms with Gasteiger partial charge < -0.3 is 0 Å². The zero-order chi connectivity index (χ0) is 6.69. The van der Waals surface area contributed by atoms with E-state index >= 15 is 0 Å². The van der Waals surface area contributed by atoms with Crippen LogP contribution in [0.15, 0.2) is 24.3 Å². The normalized spacial score (nSPS) is 9.67. The summed E-state index contributed by atoms with van der Waals surface area (Å²) in [5.74, 6) is 0. The zero-order valence-corrected chi connectivity index (χ0v) is 8.55. The molecule has 1 aromatic rings. The monoisotopic (exact) mass is 195 g/mol. The van der Waals surface area contributed by atoms with E-state index in [4.69, 9.17) is 0 Å². The molecule has 0 heterocycles. The van der Waals surface area contributed by atoms with Crippen LogP contribution in [0.1, 0.15) is 5.56 Å². The average molecular weight is 194 g/mol. The van der Waals surface area contributed by atoms with Crippen LogP contribution < -0.4 is 4.46 Å². The molecule has 0 aliphatic carbocycles. The van der Waals surface area contributed by atoms with Gasteiger partial charge in [-0.25, -0.2) is 0 Å². The first kappa shape index (κ1) is 7.61. The van der Waals surface area contributed by atoms with Gasteiger partial charge >= 0.3 is 72.6 Å². The molecule has 0 saturated carbocycles. The second kappa shape index (κ2) is 3.62. The fourth-order valence-corrected chi connectivity index (χ4v) is 2.32. The Hall–Kier alpha value is 0.506. The van der Waals surface area contributed by atoms with Crippen molar-refractivity contribution in [1.82, 2.24) is 0 Å². The number of rotatable bonds is 1. The van der Waals surface area contributed by atoms with Crippen molar-refractivity contribution in [3.8, 4) is 0 Å². The van der Waals surface area contributed by atoms with Gasteiger partial charge in [-0.1, -0.05) is 0 Å². The van der Waals surface area contributed by atoms with Crippen molar-refractivity contribution in [1.29, 1.82) is 0 Å². The molecule has 0 aliphatic heterocycles. The molecule has 1 aromatic carbocycles. The molecule has 0 nitrogen and oxygen atoms in total. The van der Waals surface area contributed by atoms with Crippen LogP contribution in [0, 0.1) is 6.92 Å². The molecule has 0 aromatic heterocycles. The summed E-state index contributed by atoms with van der Waals surface area (Å²) in [5.41, 5.74) is 1.35. The van der Waals surface area contributed by atoms with Crippen LogP contribution in [0.5, 0.6) is 0 Å². The first-order valence-electron chi connectivity index (χ1n) is 2.81. The van der Waals surface area contributed by atoms with Crippen molar-refractivity contribution in [2.75, 3.05) is 0 Å². The Morgan fingerprint density at radius 3 is 2.22 bits per heavy atom. The van der Waals surface area contributed by atoms with E-state index in [0.717, 1.165) is 0 Å².